The minimum Gasteiger partial charge on any atom is -0.469 e. The number of nitrogens with zero attached hydrogens (tertiary/aromatic N) is 2. The molecular formula is C20H31N3O2S. The van der Waals surface area contributed by atoms with E-state index in [0.29, 0.717) is 12.3 Å². The first-order valence-electron chi connectivity index (χ1n) is 9.43. The van der Waals surface area contributed by atoms with E-state index in [1.165, 1.54) is 18.4 Å². The van der Waals surface area contributed by atoms with Gasteiger partial charge in [0.15, 0.2) is 5.96 Å². The molecule has 0 radical (unpaired) electrons. The maximum Gasteiger partial charge on any atom is 0.305 e. The lowest BCUT2D eigenvalue weighted by Crippen LogP contribution is -2.40. The first-order valence-corrected chi connectivity index (χ1v) is 10.4. The van der Waals surface area contributed by atoms with Crippen LogP contribution < -0.4 is 5.32 Å². The Balaban J connectivity index is 1.62. The maximum absolute atomic E-state index is 11.1. The van der Waals surface area contributed by atoms with Crippen LogP contribution in [0.3, 0.4) is 0 Å². The minimum absolute atomic E-state index is 0.120. The lowest BCUT2D eigenvalue weighted by atomic mass is 10.2. The number of unbranched alkanes of at least 4 members (excludes halogenated alkanes) is 2. The molecule has 1 unspecified atom stereocenters. The highest BCUT2D eigenvalue weighted by atomic mass is 32.2. The van der Waals surface area contributed by atoms with Crippen molar-refractivity contribution in [1.29, 1.82) is 0 Å². The van der Waals surface area contributed by atoms with E-state index in [0.717, 1.165) is 50.6 Å². The number of esters is 1. The van der Waals surface area contributed by atoms with E-state index in [2.05, 4.69) is 50.3 Å². The number of thioether (sulfide) groups is 1. The van der Waals surface area contributed by atoms with Crippen LogP contribution in [0.25, 0.3) is 0 Å². The Hall–Kier alpha value is -1.69. The third-order valence-electron chi connectivity index (χ3n) is 4.59. The second-order valence-corrected chi connectivity index (χ2v) is 7.68. The quantitative estimate of drug-likeness (QED) is 0.235. The van der Waals surface area contributed by atoms with Gasteiger partial charge in [0.05, 0.1) is 7.11 Å². The SMILES string of the molecule is CN=C(NCCCCCC(=O)OC)N1CCC(CSc2ccccc2)C1. The van der Waals surface area contributed by atoms with Crippen molar-refractivity contribution in [2.24, 2.45) is 10.9 Å². The second-order valence-electron chi connectivity index (χ2n) is 6.59. The van der Waals surface area contributed by atoms with Gasteiger partial charge in [-0.2, -0.15) is 0 Å². The third-order valence-corrected chi connectivity index (χ3v) is 5.84. The minimum atomic E-state index is -0.120. The summed E-state index contributed by atoms with van der Waals surface area (Å²) in [5.41, 5.74) is 0. The van der Waals surface area contributed by atoms with Crippen LogP contribution in [0.4, 0.5) is 0 Å². The zero-order valence-corrected chi connectivity index (χ0v) is 16.8. The number of hydrogen-bond donors (Lipinski definition) is 1. The Bertz CT molecular complexity index is 565. The van der Waals surface area contributed by atoms with Crippen LogP contribution in [0.1, 0.15) is 32.1 Å². The van der Waals surface area contributed by atoms with Crippen molar-refractivity contribution in [2.45, 2.75) is 37.0 Å². The van der Waals surface area contributed by atoms with E-state index >= 15 is 0 Å². The molecule has 2 rings (SSSR count). The molecule has 1 atom stereocenters. The first-order chi connectivity index (χ1) is 12.7. The van der Waals surface area contributed by atoms with E-state index in [1.807, 2.05) is 18.8 Å². The molecule has 0 aromatic heterocycles. The smallest absolute Gasteiger partial charge is 0.305 e. The Morgan fingerprint density at radius 1 is 1.31 bits per heavy atom. The normalized spacial score (nSPS) is 17.4. The van der Waals surface area contributed by atoms with Crippen LogP contribution in [-0.4, -0.2) is 56.4 Å². The summed E-state index contributed by atoms with van der Waals surface area (Å²) in [6.45, 7) is 3.04. The molecule has 144 valence electrons. The average molecular weight is 378 g/mol. The van der Waals surface area contributed by atoms with E-state index in [-0.39, 0.29) is 5.97 Å². The summed E-state index contributed by atoms with van der Waals surface area (Å²) in [7, 11) is 3.29. The molecule has 0 amide bonds. The van der Waals surface area contributed by atoms with Crippen LogP contribution >= 0.6 is 11.8 Å². The van der Waals surface area contributed by atoms with Gasteiger partial charge >= 0.3 is 5.97 Å². The number of carbonyl (C=O) groups excluding carboxylic acids is 1. The zero-order chi connectivity index (χ0) is 18.6. The fourth-order valence-corrected chi connectivity index (χ4v) is 4.15. The number of carbonyl (C=O) groups is 1. The fourth-order valence-electron chi connectivity index (χ4n) is 3.10. The largest absolute Gasteiger partial charge is 0.469 e. The number of aliphatic imine (C=N–C) groups is 1. The van der Waals surface area contributed by atoms with Gasteiger partial charge in [-0.25, -0.2) is 0 Å². The van der Waals surface area contributed by atoms with Gasteiger partial charge < -0.3 is 15.0 Å². The van der Waals surface area contributed by atoms with Crippen molar-refractivity contribution < 1.29 is 9.53 Å². The molecule has 26 heavy (non-hydrogen) atoms. The Kier molecular flexibility index (Phi) is 9.39. The van der Waals surface area contributed by atoms with Crippen molar-refractivity contribution in [1.82, 2.24) is 10.2 Å². The predicted octanol–water partition coefficient (Wildman–Crippen LogP) is 3.41. The van der Waals surface area contributed by atoms with Crippen LogP contribution in [0.15, 0.2) is 40.2 Å². The summed E-state index contributed by atoms with van der Waals surface area (Å²) in [6, 6.07) is 10.6. The van der Waals surface area contributed by atoms with Crippen molar-refractivity contribution in [3.8, 4) is 0 Å². The zero-order valence-electron chi connectivity index (χ0n) is 15.9. The molecule has 1 aliphatic heterocycles. The topological polar surface area (TPSA) is 53.9 Å². The van der Waals surface area contributed by atoms with E-state index in [4.69, 9.17) is 0 Å². The molecule has 1 saturated heterocycles. The van der Waals surface area contributed by atoms with Gasteiger partial charge in [0, 0.05) is 43.8 Å². The number of ether oxygens (including phenoxy) is 1. The van der Waals surface area contributed by atoms with Gasteiger partial charge in [-0.15, -0.1) is 11.8 Å². The number of benzene rings is 1. The standard InChI is InChI=1S/C20H31N3O2S/c1-21-20(22-13-8-4-7-11-19(24)25-2)23-14-12-17(15-23)16-26-18-9-5-3-6-10-18/h3,5-6,9-10,17H,4,7-8,11-16H2,1-2H3,(H,21,22). The predicted molar refractivity (Wildman–Crippen MR) is 109 cm³/mol. The number of likely N-dealkylation sites (tertiary alicyclic amines) is 1. The third kappa shape index (κ3) is 7.28. The summed E-state index contributed by atoms with van der Waals surface area (Å²) in [6.07, 6.45) is 4.68. The highest BCUT2D eigenvalue weighted by molar-refractivity contribution is 7.99. The Morgan fingerprint density at radius 2 is 2.12 bits per heavy atom. The average Bonchev–Trinajstić information content (AvgIpc) is 3.15. The van der Waals surface area contributed by atoms with Crippen LogP contribution in [0.5, 0.6) is 0 Å². The summed E-state index contributed by atoms with van der Waals surface area (Å²) < 4.78 is 4.66. The van der Waals surface area contributed by atoms with Crippen molar-refractivity contribution >= 4 is 23.7 Å². The van der Waals surface area contributed by atoms with Crippen LogP contribution in [0.2, 0.25) is 0 Å². The first kappa shape index (κ1) is 20.6. The lowest BCUT2D eigenvalue weighted by Gasteiger charge is -2.21. The molecular weight excluding hydrogens is 346 g/mol. The molecule has 5 nitrogen and oxygen atoms in total. The highest BCUT2D eigenvalue weighted by Gasteiger charge is 2.24. The van der Waals surface area contributed by atoms with Gasteiger partial charge in [0.25, 0.3) is 0 Å². The molecule has 0 aliphatic carbocycles. The van der Waals surface area contributed by atoms with E-state index < -0.39 is 0 Å². The van der Waals surface area contributed by atoms with Crippen molar-refractivity contribution in [3.05, 3.63) is 30.3 Å². The van der Waals surface area contributed by atoms with E-state index in [9.17, 15) is 4.79 Å². The molecule has 1 heterocycles. The summed E-state index contributed by atoms with van der Waals surface area (Å²) in [5, 5.41) is 3.46. The molecule has 1 aliphatic rings. The van der Waals surface area contributed by atoms with Gasteiger partial charge in [-0.3, -0.25) is 9.79 Å². The molecule has 0 bridgehead atoms. The summed E-state index contributed by atoms with van der Waals surface area (Å²) >= 11 is 1.95. The lowest BCUT2D eigenvalue weighted by molar-refractivity contribution is -0.140. The molecule has 0 saturated carbocycles. The molecule has 0 spiro atoms. The van der Waals surface area contributed by atoms with Gasteiger partial charge in [-0.1, -0.05) is 24.6 Å². The Labute approximate surface area is 161 Å². The van der Waals surface area contributed by atoms with Gasteiger partial charge in [0.2, 0.25) is 0 Å². The summed E-state index contributed by atoms with van der Waals surface area (Å²) in [5.74, 6) is 2.75. The number of methoxy groups -OCH3 is 1. The summed E-state index contributed by atoms with van der Waals surface area (Å²) in [4.78, 5) is 19.2. The molecule has 1 aromatic rings. The number of nitrogens with one attached hydrogen (secondary N) is 1. The Morgan fingerprint density at radius 3 is 2.85 bits per heavy atom. The number of guanidine groups is 1. The van der Waals surface area contributed by atoms with Gasteiger partial charge in [0.1, 0.15) is 0 Å². The van der Waals surface area contributed by atoms with Crippen molar-refractivity contribution in [3.63, 3.8) is 0 Å². The van der Waals surface area contributed by atoms with Crippen LogP contribution in [0, 0.1) is 5.92 Å². The second kappa shape index (κ2) is 11.8. The van der Waals surface area contributed by atoms with Crippen LogP contribution in [-0.2, 0) is 9.53 Å². The van der Waals surface area contributed by atoms with Crippen molar-refractivity contribution in [2.75, 3.05) is 39.5 Å². The number of rotatable bonds is 9. The molecule has 1 aromatic carbocycles. The molecule has 1 N–H and O–H groups in total. The molecule has 6 heteroatoms. The van der Waals surface area contributed by atoms with E-state index in [1.54, 1.807) is 0 Å². The number of hydrogen-bond acceptors (Lipinski definition) is 4. The molecule has 1 fully saturated rings. The maximum atomic E-state index is 11.1. The highest BCUT2D eigenvalue weighted by Crippen LogP contribution is 2.25. The van der Waals surface area contributed by atoms with Gasteiger partial charge in [-0.05, 0) is 37.3 Å². The monoisotopic (exact) mass is 377 g/mol. The fraction of sp³-hybridized carbons (Fsp3) is 0.600.